The van der Waals surface area contributed by atoms with E-state index in [2.05, 4.69) is 5.10 Å². The molecular formula is C18H13N3O4S. The van der Waals surface area contributed by atoms with Gasteiger partial charge >= 0.3 is 5.97 Å². The molecule has 3 aliphatic rings. The number of ether oxygens (including phenoxy) is 1. The summed E-state index contributed by atoms with van der Waals surface area (Å²) in [6.07, 6.45) is 1.74. The second-order valence-corrected chi connectivity index (χ2v) is 7.14. The number of para-hydroxylation sites is 1. The number of hydrogen-bond acceptors (Lipinski definition) is 5. The lowest BCUT2D eigenvalue weighted by atomic mass is 10.0. The minimum Gasteiger partial charge on any atom is -0.487 e. The fourth-order valence-corrected chi connectivity index (χ4v) is 4.43. The van der Waals surface area contributed by atoms with Gasteiger partial charge in [0.05, 0.1) is 23.5 Å². The largest absolute Gasteiger partial charge is 0.487 e. The smallest absolute Gasteiger partial charge is 0.353 e. The van der Waals surface area contributed by atoms with Crippen molar-refractivity contribution in [2.24, 2.45) is 0 Å². The van der Waals surface area contributed by atoms with Crippen molar-refractivity contribution in [1.29, 1.82) is 0 Å². The zero-order chi connectivity index (χ0) is 17.8. The second-order valence-electron chi connectivity index (χ2n) is 6.19. The first kappa shape index (κ1) is 15.3. The summed E-state index contributed by atoms with van der Waals surface area (Å²) in [6, 6.07) is 9.75. The number of hydrogen-bond donors (Lipinski definition) is 1. The van der Waals surface area contributed by atoms with E-state index in [1.54, 1.807) is 6.08 Å². The monoisotopic (exact) mass is 367 g/mol. The molecule has 1 atom stereocenters. The fourth-order valence-electron chi connectivity index (χ4n) is 3.32. The van der Waals surface area contributed by atoms with Crippen LogP contribution in [0.2, 0.25) is 0 Å². The minimum atomic E-state index is -1.09. The van der Waals surface area contributed by atoms with Crippen LogP contribution in [0.1, 0.15) is 17.0 Å². The van der Waals surface area contributed by atoms with Crippen molar-refractivity contribution in [2.75, 3.05) is 0 Å². The van der Waals surface area contributed by atoms with Crippen LogP contribution in [0.15, 0.2) is 47.0 Å². The highest BCUT2D eigenvalue weighted by Crippen LogP contribution is 2.45. The first-order valence-electron chi connectivity index (χ1n) is 8.03. The van der Waals surface area contributed by atoms with Gasteiger partial charge < -0.3 is 9.84 Å². The van der Waals surface area contributed by atoms with Gasteiger partial charge in [-0.1, -0.05) is 18.2 Å². The van der Waals surface area contributed by atoms with Crippen molar-refractivity contribution < 1.29 is 19.4 Å². The molecule has 0 saturated carbocycles. The normalized spacial score (nSPS) is 21.9. The van der Waals surface area contributed by atoms with E-state index in [0.29, 0.717) is 24.4 Å². The molecular weight excluding hydrogens is 354 g/mol. The molecule has 1 amide bonds. The first-order valence-corrected chi connectivity index (χ1v) is 8.97. The lowest BCUT2D eigenvalue weighted by molar-refractivity contribution is -0.141. The Balaban J connectivity index is 1.42. The molecule has 2 aromatic rings. The van der Waals surface area contributed by atoms with Gasteiger partial charge in [0.2, 0.25) is 0 Å². The summed E-state index contributed by atoms with van der Waals surface area (Å²) in [4.78, 5) is 24.8. The quantitative estimate of drug-likeness (QED) is 0.646. The van der Waals surface area contributed by atoms with Crippen LogP contribution in [0.5, 0.6) is 5.75 Å². The highest BCUT2D eigenvalue weighted by molar-refractivity contribution is 8.03. The topological polar surface area (TPSA) is 84.7 Å². The third kappa shape index (κ3) is 2.19. The number of carboxylic acids is 1. The van der Waals surface area contributed by atoms with Crippen molar-refractivity contribution in [3.8, 4) is 5.75 Å². The molecule has 7 nitrogen and oxygen atoms in total. The van der Waals surface area contributed by atoms with Crippen LogP contribution < -0.4 is 4.74 Å². The van der Waals surface area contributed by atoms with Crippen LogP contribution in [-0.2, 0) is 22.7 Å². The van der Waals surface area contributed by atoms with Crippen LogP contribution >= 0.6 is 11.8 Å². The van der Waals surface area contributed by atoms with Crippen molar-refractivity contribution in [3.05, 3.63) is 64.0 Å². The number of fused-ring (bicyclic) bond motifs is 3. The predicted molar refractivity (Wildman–Crippen MR) is 94.0 cm³/mol. The maximum atomic E-state index is 12.3. The van der Waals surface area contributed by atoms with Gasteiger partial charge in [0.25, 0.3) is 5.91 Å². The van der Waals surface area contributed by atoms with Crippen LogP contribution in [-0.4, -0.2) is 37.0 Å². The van der Waals surface area contributed by atoms with Gasteiger partial charge in [-0.2, -0.15) is 5.10 Å². The Bertz CT molecular complexity index is 1020. The average molecular weight is 367 g/mol. The van der Waals surface area contributed by atoms with Crippen molar-refractivity contribution in [3.63, 3.8) is 0 Å². The zero-order valence-electron chi connectivity index (χ0n) is 13.5. The molecule has 1 aromatic carbocycles. The number of benzene rings is 1. The number of carbonyl (C=O) groups is 2. The summed E-state index contributed by atoms with van der Waals surface area (Å²) < 4.78 is 7.71. The minimum absolute atomic E-state index is 0.0350. The molecule has 1 N–H and O–H groups in total. The highest BCUT2D eigenvalue weighted by Gasteiger charge is 2.49. The van der Waals surface area contributed by atoms with E-state index in [1.807, 2.05) is 35.0 Å². The van der Waals surface area contributed by atoms with Crippen LogP contribution in [0, 0.1) is 0 Å². The number of rotatable bonds is 2. The third-order valence-electron chi connectivity index (χ3n) is 4.61. The highest BCUT2D eigenvalue weighted by atomic mass is 32.2. The maximum Gasteiger partial charge on any atom is 0.353 e. The number of aromatic nitrogens is 2. The zero-order valence-corrected chi connectivity index (χ0v) is 14.3. The van der Waals surface area contributed by atoms with Crippen molar-refractivity contribution in [1.82, 2.24) is 14.7 Å². The van der Waals surface area contributed by atoms with E-state index in [0.717, 1.165) is 17.0 Å². The second kappa shape index (κ2) is 5.50. The third-order valence-corrected chi connectivity index (χ3v) is 5.69. The Kier molecular flexibility index (Phi) is 3.23. The molecule has 4 heterocycles. The molecule has 130 valence electrons. The van der Waals surface area contributed by atoms with Gasteiger partial charge in [-0.15, -0.1) is 11.8 Å². The van der Waals surface area contributed by atoms with E-state index in [1.165, 1.54) is 22.1 Å². The Hall–Kier alpha value is -3.00. The Morgan fingerprint density at radius 3 is 3.08 bits per heavy atom. The van der Waals surface area contributed by atoms with Crippen molar-refractivity contribution in [2.45, 2.75) is 18.5 Å². The standard InChI is InChI=1S/C18H13N3O4S/c22-16-13(17-21(16)14(9-26-17)18(23)24)6-11-5-12-8-25-15-4-2-1-3-10(15)7-20(12)19-11/h1-6,9,17H,7-8H2,(H,23,24)/b13-6+/t17-/m1/s1. The summed E-state index contributed by atoms with van der Waals surface area (Å²) in [5.41, 5.74) is 3.27. The Morgan fingerprint density at radius 2 is 2.23 bits per heavy atom. The molecule has 0 spiro atoms. The molecule has 0 radical (unpaired) electrons. The molecule has 8 heteroatoms. The maximum absolute atomic E-state index is 12.3. The number of carbonyl (C=O) groups excluding carboxylic acids is 1. The molecule has 1 saturated heterocycles. The van der Waals surface area contributed by atoms with Gasteiger partial charge in [-0.25, -0.2) is 4.79 Å². The van der Waals surface area contributed by atoms with Gasteiger partial charge in [0.1, 0.15) is 23.4 Å². The molecule has 0 bridgehead atoms. The number of β-lactam (4-membered cyclic amide) rings is 1. The van der Waals surface area contributed by atoms with Gasteiger partial charge in [0.15, 0.2) is 0 Å². The Morgan fingerprint density at radius 1 is 1.38 bits per heavy atom. The van der Waals surface area contributed by atoms with Crippen LogP contribution in [0.25, 0.3) is 6.08 Å². The van der Waals surface area contributed by atoms with Gasteiger partial charge in [-0.3, -0.25) is 14.4 Å². The SMILES string of the molecule is O=C(O)C1=CS[C@@H]2/C(=C/c3cc4n(n3)Cc3ccccc3OC4)C(=O)N12. The van der Waals surface area contributed by atoms with Crippen LogP contribution in [0.3, 0.4) is 0 Å². The molecule has 26 heavy (non-hydrogen) atoms. The predicted octanol–water partition coefficient (Wildman–Crippen LogP) is 2.05. The lowest BCUT2D eigenvalue weighted by Gasteiger charge is -2.36. The molecule has 3 aliphatic heterocycles. The van der Waals surface area contributed by atoms with E-state index in [9.17, 15) is 9.59 Å². The first-order chi connectivity index (χ1) is 12.6. The molecule has 5 rings (SSSR count). The summed E-state index contributed by atoms with van der Waals surface area (Å²) in [5, 5.41) is 14.9. The fraction of sp³-hybridized carbons (Fsp3) is 0.167. The van der Waals surface area contributed by atoms with Crippen LogP contribution in [0.4, 0.5) is 0 Å². The number of aliphatic carboxylic acids is 1. The number of amides is 1. The van der Waals surface area contributed by atoms with Gasteiger partial charge in [0, 0.05) is 11.0 Å². The molecule has 0 aliphatic carbocycles. The number of nitrogens with zero attached hydrogens (tertiary/aromatic N) is 3. The number of carboxylic acid groups (broad SMARTS) is 1. The van der Waals surface area contributed by atoms with E-state index < -0.39 is 5.97 Å². The van der Waals surface area contributed by atoms with E-state index in [-0.39, 0.29) is 17.0 Å². The Labute approximate surface area is 152 Å². The van der Waals surface area contributed by atoms with E-state index in [4.69, 9.17) is 9.84 Å². The summed E-state index contributed by atoms with van der Waals surface area (Å²) in [7, 11) is 0. The molecule has 1 aromatic heterocycles. The van der Waals surface area contributed by atoms with Crippen molar-refractivity contribution >= 4 is 29.7 Å². The summed E-state index contributed by atoms with van der Waals surface area (Å²) in [5.74, 6) is -0.507. The molecule has 0 unspecified atom stereocenters. The summed E-state index contributed by atoms with van der Waals surface area (Å²) in [6.45, 7) is 1.02. The molecule has 1 fully saturated rings. The number of thioether (sulfide) groups is 1. The van der Waals surface area contributed by atoms with E-state index >= 15 is 0 Å². The average Bonchev–Trinajstić information content (AvgIpc) is 3.16. The lowest BCUT2D eigenvalue weighted by Crippen LogP contribution is -2.51. The van der Waals surface area contributed by atoms with Gasteiger partial charge in [-0.05, 0) is 18.2 Å². The summed E-state index contributed by atoms with van der Waals surface area (Å²) >= 11 is 1.32.